The third kappa shape index (κ3) is 2.91. The van der Waals surface area contributed by atoms with Gasteiger partial charge in [-0.3, -0.25) is 14.8 Å². The van der Waals surface area contributed by atoms with Crippen LogP contribution in [0.4, 0.5) is 0 Å². The molecule has 0 radical (unpaired) electrons. The van der Waals surface area contributed by atoms with Crippen LogP contribution < -0.4 is 0 Å². The first-order valence-corrected chi connectivity index (χ1v) is 7.56. The highest BCUT2D eigenvalue weighted by atomic mass is 35.5. The number of benzene rings is 2. The maximum absolute atomic E-state index is 12.7. The Morgan fingerprint density at radius 2 is 1.83 bits per heavy atom. The van der Waals surface area contributed by atoms with Gasteiger partial charge in [-0.25, -0.2) is 0 Å². The molecule has 1 atom stereocenters. The Morgan fingerprint density at radius 3 is 2.48 bits per heavy atom. The number of rotatable bonds is 2. The van der Waals surface area contributed by atoms with Crippen LogP contribution in [0.5, 0.6) is 0 Å². The lowest BCUT2D eigenvalue weighted by Crippen LogP contribution is -2.34. The summed E-state index contributed by atoms with van der Waals surface area (Å²) in [6.45, 7) is -0.228. The highest BCUT2D eigenvalue weighted by molar-refractivity contribution is 6.35. The topological polar surface area (TPSA) is 60.9 Å². The molecular weight excluding hydrogens is 339 g/mol. The van der Waals surface area contributed by atoms with Gasteiger partial charge in [0.25, 0.3) is 11.8 Å². The van der Waals surface area contributed by atoms with Gasteiger partial charge in [0, 0.05) is 21.2 Å². The third-order valence-corrected chi connectivity index (χ3v) is 4.17. The lowest BCUT2D eigenvalue weighted by Gasteiger charge is -2.27. The fourth-order valence-corrected chi connectivity index (χ4v) is 3.02. The molecule has 1 aliphatic heterocycles. The van der Waals surface area contributed by atoms with Gasteiger partial charge in [0.15, 0.2) is 6.17 Å². The standard InChI is InChI=1S/C16H12Cl2N2O3/c17-11-6-7-12(13(18)8-11)15-19(9-14(21)20(15)23)16(22)10-4-2-1-3-5-10/h1-8,15,23H,9H2/t15-/m0/s1. The van der Waals surface area contributed by atoms with E-state index in [1.807, 2.05) is 0 Å². The molecule has 0 aromatic heterocycles. The quantitative estimate of drug-likeness (QED) is 0.844. The van der Waals surface area contributed by atoms with Crippen molar-refractivity contribution in [3.8, 4) is 0 Å². The first-order chi connectivity index (χ1) is 11.0. The SMILES string of the molecule is O=C1CN(C(=O)c2ccccc2)[C@H](c2ccc(Cl)cc2Cl)N1O. The number of carbonyl (C=O) groups is 2. The molecule has 0 bridgehead atoms. The summed E-state index contributed by atoms with van der Waals surface area (Å²) in [7, 11) is 0. The Bertz CT molecular complexity index is 767. The van der Waals surface area contributed by atoms with Gasteiger partial charge in [-0.05, 0) is 24.3 Å². The molecule has 2 aromatic rings. The van der Waals surface area contributed by atoms with E-state index in [9.17, 15) is 14.8 Å². The average molecular weight is 351 g/mol. The molecule has 1 aliphatic rings. The minimum Gasteiger partial charge on any atom is -0.302 e. The van der Waals surface area contributed by atoms with Crippen LogP contribution in [0, 0.1) is 0 Å². The molecule has 118 valence electrons. The number of hydrogen-bond acceptors (Lipinski definition) is 3. The van der Waals surface area contributed by atoms with Crippen molar-refractivity contribution in [3.63, 3.8) is 0 Å². The van der Waals surface area contributed by atoms with Gasteiger partial charge in [0.2, 0.25) is 0 Å². The number of amides is 2. The summed E-state index contributed by atoms with van der Waals surface area (Å²) in [6, 6.07) is 13.2. The van der Waals surface area contributed by atoms with E-state index in [4.69, 9.17) is 23.2 Å². The fourth-order valence-electron chi connectivity index (χ4n) is 2.51. The first-order valence-electron chi connectivity index (χ1n) is 6.81. The zero-order valence-corrected chi connectivity index (χ0v) is 13.3. The van der Waals surface area contributed by atoms with E-state index in [2.05, 4.69) is 0 Å². The molecule has 0 aliphatic carbocycles. The van der Waals surface area contributed by atoms with E-state index in [-0.39, 0.29) is 17.5 Å². The highest BCUT2D eigenvalue weighted by Gasteiger charge is 2.42. The van der Waals surface area contributed by atoms with Crippen molar-refractivity contribution < 1.29 is 14.8 Å². The molecule has 1 saturated heterocycles. The van der Waals surface area contributed by atoms with Crippen molar-refractivity contribution in [1.82, 2.24) is 9.96 Å². The number of nitrogens with zero attached hydrogens (tertiary/aromatic N) is 2. The Balaban J connectivity index is 2.02. The molecule has 0 saturated carbocycles. The van der Waals surface area contributed by atoms with Crippen LogP contribution in [-0.4, -0.2) is 33.5 Å². The van der Waals surface area contributed by atoms with Crippen molar-refractivity contribution in [2.24, 2.45) is 0 Å². The van der Waals surface area contributed by atoms with E-state index in [1.54, 1.807) is 42.5 Å². The molecule has 0 unspecified atom stereocenters. The van der Waals surface area contributed by atoms with E-state index < -0.39 is 12.1 Å². The molecule has 3 rings (SSSR count). The summed E-state index contributed by atoms with van der Waals surface area (Å²) in [6.07, 6.45) is -0.986. The molecule has 0 spiro atoms. The Morgan fingerprint density at radius 1 is 1.13 bits per heavy atom. The number of hydrogen-bond donors (Lipinski definition) is 1. The zero-order valence-electron chi connectivity index (χ0n) is 11.8. The molecule has 1 heterocycles. The van der Waals surface area contributed by atoms with Crippen LogP contribution in [0.3, 0.4) is 0 Å². The summed E-state index contributed by atoms with van der Waals surface area (Å²) in [5.74, 6) is -0.947. The average Bonchev–Trinajstić information content (AvgIpc) is 2.83. The second-order valence-electron chi connectivity index (χ2n) is 5.08. The van der Waals surface area contributed by atoms with E-state index in [0.717, 1.165) is 0 Å². The van der Waals surface area contributed by atoms with Gasteiger partial charge < -0.3 is 4.90 Å². The minimum atomic E-state index is -0.986. The summed E-state index contributed by atoms with van der Waals surface area (Å²) in [5.41, 5.74) is 0.847. The van der Waals surface area contributed by atoms with Crippen LogP contribution in [-0.2, 0) is 4.79 Å². The lowest BCUT2D eigenvalue weighted by atomic mass is 10.1. The summed E-state index contributed by atoms with van der Waals surface area (Å²) < 4.78 is 0. The molecule has 1 N–H and O–H groups in total. The van der Waals surface area contributed by atoms with Crippen molar-refractivity contribution in [2.45, 2.75) is 6.17 Å². The van der Waals surface area contributed by atoms with Crippen LogP contribution in [0.2, 0.25) is 10.0 Å². The monoisotopic (exact) mass is 350 g/mol. The smallest absolute Gasteiger partial charge is 0.267 e. The second-order valence-corrected chi connectivity index (χ2v) is 5.92. The number of hydroxylamine groups is 2. The van der Waals surface area contributed by atoms with E-state index >= 15 is 0 Å². The van der Waals surface area contributed by atoms with E-state index in [1.165, 1.54) is 11.0 Å². The zero-order chi connectivity index (χ0) is 16.6. The van der Waals surface area contributed by atoms with Crippen LogP contribution in [0.15, 0.2) is 48.5 Å². The maximum atomic E-state index is 12.7. The summed E-state index contributed by atoms with van der Waals surface area (Å²) in [5, 5.41) is 11.3. The molecular formula is C16H12Cl2N2O3. The van der Waals surface area contributed by atoms with Crippen molar-refractivity contribution in [3.05, 3.63) is 69.7 Å². The van der Waals surface area contributed by atoms with Gasteiger partial charge in [0.05, 0.1) is 0 Å². The number of carbonyl (C=O) groups excluding carboxylic acids is 2. The van der Waals surface area contributed by atoms with Crippen molar-refractivity contribution in [1.29, 1.82) is 0 Å². The highest BCUT2D eigenvalue weighted by Crippen LogP contribution is 2.35. The Labute approximate surface area is 142 Å². The first kappa shape index (κ1) is 15.8. The molecule has 2 amide bonds. The van der Waals surface area contributed by atoms with Crippen molar-refractivity contribution >= 4 is 35.0 Å². The summed E-state index contributed by atoms with van der Waals surface area (Å²) in [4.78, 5) is 25.8. The molecule has 5 nitrogen and oxygen atoms in total. The van der Waals surface area contributed by atoms with Crippen LogP contribution in [0.1, 0.15) is 22.1 Å². The van der Waals surface area contributed by atoms with Gasteiger partial charge in [0.1, 0.15) is 6.54 Å². The minimum absolute atomic E-state index is 0.228. The molecule has 7 heteroatoms. The van der Waals surface area contributed by atoms with Gasteiger partial charge in [-0.1, -0.05) is 47.5 Å². The van der Waals surface area contributed by atoms with Crippen molar-refractivity contribution in [2.75, 3.05) is 6.54 Å². The third-order valence-electron chi connectivity index (χ3n) is 3.61. The van der Waals surface area contributed by atoms with Crippen LogP contribution >= 0.6 is 23.2 Å². The van der Waals surface area contributed by atoms with Gasteiger partial charge >= 0.3 is 0 Å². The van der Waals surface area contributed by atoms with Gasteiger partial charge in [-0.15, -0.1) is 0 Å². The molecule has 2 aromatic carbocycles. The fraction of sp³-hybridized carbons (Fsp3) is 0.125. The van der Waals surface area contributed by atoms with E-state index in [0.29, 0.717) is 21.2 Å². The predicted molar refractivity (Wildman–Crippen MR) is 85.3 cm³/mol. The molecule has 23 heavy (non-hydrogen) atoms. The molecule has 1 fully saturated rings. The maximum Gasteiger partial charge on any atom is 0.267 e. The van der Waals surface area contributed by atoms with Crippen LogP contribution in [0.25, 0.3) is 0 Å². The largest absolute Gasteiger partial charge is 0.302 e. The Kier molecular flexibility index (Phi) is 4.26. The Hall–Kier alpha value is -2.08. The lowest BCUT2D eigenvalue weighted by molar-refractivity contribution is -0.168. The van der Waals surface area contributed by atoms with Gasteiger partial charge in [-0.2, -0.15) is 5.06 Å². The second kappa shape index (κ2) is 6.20. The number of halogens is 2. The summed E-state index contributed by atoms with van der Waals surface area (Å²) >= 11 is 12.0. The predicted octanol–water partition coefficient (Wildman–Crippen LogP) is 3.37. The normalized spacial score (nSPS) is 17.7.